The lowest BCUT2D eigenvalue weighted by atomic mass is 10.1. The van der Waals surface area contributed by atoms with Crippen LogP contribution in [0.4, 0.5) is 23.0 Å². The van der Waals surface area contributed by atoms with Crippen LogP contribution in [0.5, 0.6) is 11.5 Å². The molecule has 4 rings (SSSR count). The summed E-state index contributed by atoms with van der Waals surface area (Å²) >= 11 is 0. The molecule has 0 bridgehead atoms. The van der Waals surface area contributed by atoms with Crippen LogP contribution in [0, 0.1) is 10.1 Å². The molecule has 1 N–H and O–H groups in total. The van der Waals surface area contributed by atoms with Crippen LogP contribution in [0.1, 0.15) is 10.4 Å². The average Bonchev–Trinajstić information content (AvgIpc) is 2.88. The first-order chi connectivity index (χ1) is 16.5. The predicted octanol–water partition coefficient (Wildman–Crippen LogP) is 2.98. The number of rotatable bonds is 7. The molecule has 176 valence electrons. The van der Waals surface area contributed by atoms with Crippen LogP contribution in [0.25, 0.3) is 0 Å². The maximum absolute atomic E-state index is 12.9. The highest BCUT2D eigenvalue weighted by molar-refractivity contribution is 6.07. The smallest absolute Gasteiger partial charge is 0.286 e. The van der Waals surface area contributed by atoms with Gasteiger partial charge in [0.2, 0.25) is 0 Å². The number of hydrogen-bond donors (Lipinski definition) is 1. The van der Waals surface area contributed by atoms with Gasteiger partial charge in [0.15, 0.2) is 11.5 Å². The number of hydrogen-bond acceptors (Lipinski definition) is 9. The third-order valence-corrected chi connectivity index (χ3v) is 5.56. The molecule has 1 aliphatic heterocycles. The summed E-state index contributed by atoms with van der Waals surface area (Å²) in [5.74, 6) is 0.582. The first-order valence-corrected chi connectivity index (χ1v) is 10.6. The quantitative estimate of drug-likeness (QED) is 0.415. The van der Waals surface area contributed by atoms with Gasteiger partial charge < -0.3 is 24.6 Å². The third kappa shape index (κ3) is 4.82. The Balaban J connectivity index is 1.49. The van der Waals surface area contributed by atoms with E-state index >= 15 is 0 Å². The lowest BCUT2D eigenvalue weighted by molar-refractivity contribution is -0.385. The molecule has 0 aliphatic carbocycles. The number of nitro benzene ring substituents is 1. The van der Waals surface area contributed by atoms with E-state index in [-0.39, 0.29) is 22.9 Å². The predicted molar refractivity (Wildman–Crippen MR) is 127 cm³/mol. The Hall–Kier alpha value is -4.41. The van der Waals surface area contributed by atoms with Gasteiger partial charge in [-0.05, 0) is 12.1 Å². The molecule has 11 heteroatoms. The van der Waals surface area contributed by atoms with Gasteiger partial charge in [-0.15, -0.1) is 0 Å². The molecule has 2 aromatic carbocycles. The summed E-state index contributed by atoms with van der Waals surface area (Å²) in [4.78, 5) is 36.6. The molecule has 1 aliphatic rings. The maximum Gasteiger partial charge on any atom is 0.286 e. The van der Waals surface area contributed by atoms with Gasteiger partial charge in [0.25, 0.3) is 11.6 Å². The van der Waals surface area contributed by atoms with Gasteiger partial charge in [0.1, 0.15) is 23.5 Å². The van der Waals surface area contributed by atoms with Crippen molar-refractivity contribution in [3.8, 4) is 11.5 Å². The summed E-state index contributed by atoms with van der Waals surface area (Å²) < 4.78 is 10.3. The summed E-state index contributed by atoms with van der Waals surface area (Å²) in [5.41, 5.74) is 0.607. The van der Waals surface area contributed by atoms with E-state index in [2.05, 4.69) is 37.2 Å². The van der Waals surface area contributed by atoms with Crippen LogP contribution >= 0.6 is 0 Å². The number of nitro groups is 1. The Morgan fingerprint density at radius 3 is 2.26 bits per heavy atom. The number of benzene rings is 2. The minimum Gasteiger partial charge on any atom is -0.493 e. The van der Waals surface area contributed by atoms with Crippen molar-refractivity contribution in [1.29, 1.82) is 0 Å². The van der Waals surface area contributed by atoms with Crippen LogP contribution in [0.3, 0.4) is 0 Å². The topological polar surface area (TPSA) is 123 Å². The summed E-state index contributed by atoms with van der Waals surface area (Å²) in [6, 6.07) is 14.3. The molecule has 2 heterocycles. The number of para-hydroxylation sites is 1. The minimum atomic E-state index is -0.689. The number of nitrogens with one attached hydrogen (secondary N) is 1. The van der Waals surface area contributed by atoms with E-state index in [1.807, 2.05) is 18.2 Å². The zero-order valence-corrected chi connectivity index (χ0v) is 18.8. The monoisotopic (exact) mass is 464 g/mol. The Kier molecular flexibility index (Phi) is 6.72. The highest BCUT2D eigenvalue weighted by Crippen LogP contribution is 2.34. The minimum absolute atomic E-state index is 0.157. The molecule has 0 unspecified atom stereocenters. The van der Waals surface area contributed by atoms with Gasteiger partial charge in [-0.2, -0.15) is 0 Å². The number of ether oxygens (including phenoxy) is 2. The molecule has 3 aromatic rings. The lowest BCUT2D eigenvalue weighted by Crippen LogP contribution is -2.46. The molecule has 0 spiro atoms. The molecule has 0 saturated carbocycles. The largest absolute Gasteiger partial charge is 0.493 e. The van der Waals surface area contributed by atoms with Crippen molar-refractivity contribution < 1.29 is 19.2 Å². The van der Waals surface area contributed by atoms with Gasteiger partial charge in [0, 0.05) is 44.0 Å². The van der Waals surface area contributed by atoms with Crippen LogP contribution in [0.2, 0.25) is 0 Å². The van der Waals surface area contributed by atoms with E-state index in [4.69, 9.17) is 9.47 Å². The second kappa shape index (κ2) is 10.0. The van der Waals surface area contributed by atoms with Crippen molar-refractivity contribution >= 4 is 28.9 Å². The molecule has 1 saturated heterocycles. The first-order valence-electron chi connectivity index (χ1n) is 10.6. The van der Waals surface area contributed by atoms with E-state index in [1.165, 1.54) is 32.3 Å². The summed E-state index contributed by atoms with van der Waals surface area (Å²) in [7, 11) is 2.75. The SMILES string of the molecule is COc1cc(C(=O)Nc2cc(N3CCN(c4ccccc4)CC3)ncn2)c([N+](=O)[O-])cc1OC. The Morgan fingerprint density at radius 1 is 0.971 bits per heavy atom. The highest BCUT2D eigenvalue weighted by Gasteiger charge is 2.25. The number of carbonyl (C=O) groups excluding carboxylic acids is 1. The number of nitrogens with zero attached hydrogens (tertiary/aromatic N) is 5. The summed E-state index contributed by atoms with van der Waals surface area (Å²) in [6.07, 6.45) is 1.36. The van der Waals surface area contributed by atoms with E-state index in [9.17, 15) is 14.9 Å². The zero-order valence-electron chi connectivity index (χ0n) is 18.8. The molecular formula is C23H24N6O5. The van der Waals surface area contributed by atoms with Gasteiger partial charge in [-0.1, -0.05) is 18.2 Å². The Bertz CT molecular complexity index is 1180. The van der Waals surface area contributed by atoms with Gasteiger partial charge >= 0.3 is 0 Å². The maximum atomic E-state index is 12.9. The average molecular weight is 464 g/mol. The fraction of sp³-hybridized carbons (Fsp3) is 0.261. The highest BCUT2D eigenvalue weighted by atomic mass is 16.6. The summed E-state index contributed by atoms with van der Waals surface area (Å²) in [5, 5.41) is 14.2. The van der Waals surface area contributed by atoms with E-state index in [0.717, 1.165) is 32.2 Å². The van der Waals surface area contributed by atoms with Crippen LogP contribution in [-0.2, 0) is 0 Å². The third-order valence-electron chi connectivity index (χ3n) is 5.56. The second-order valence-corrected chi connectivity index (χ2v) is 7.51. The van der Waals surface area contributed by atoms with Crippen LogP contribution < -0.4 is 24.6 Å². The first kappa shape index (κ1) is 22.8. The number of piperazine rings is 1. The number of carbonyl (C=O) groups is 1. The van der Waals surface area contributed by atoms with Crippen molar-refractivity contribution in [2.24, 2.45) is 0 Å². The zero-order chi connectivity index (χ0) is 24.1. The van der Waals surface area contributed by atoms with Gasteiger partial charge in [0.05, 0.1) is 25.2 Å². The van der Waals surface area contributed by atoms with Gasteiger partial charge in [-0.3, -0.25) is 14.9 Å². The molecule has 34 heavy (non-hydrogen) atoms. The number of methoxy groups -OCH3 is 2. The fourth-order valence-electron chi connectivity index (χ4n) is 3.81. The molecule has 0 atom stereocenters. The molecular weight excluding hydrogens is 440 g/mol. The molecule has 11 nitrogen and oxygen atoms in total. The molecule has 1 fully saturated rings. The summed E-state index contributed by atoms with van der Waals surface area (Å²) in [6.45, 7) is 3.15. The number of amides is 1. The molecule has 0 radical (unpaired) electrons. The van der Waals surface area contributed by atoms with E-state index < -0.39 is 16.5 Å². The van der Waals surface area contributed by atoms with Crippen molar-refractivity contribution in [2.75, 3.05) is 55.5 Å². The van der Waals surface area contributed by atoms with E-state index in [0.29, 0.717) is 5.82 Å². The Morgan fingerprint density at radius 2 is 1.62 bits per heavy atom. The number of anilines is 3. The number of aromatic nitrogens is 2. The molecule has 1 aromatic heterocycles. The van der Waals surface area contributed by atoms with Crippen LogP contribution in [0.15, 0.2) is 54.9 Å². The normalized spacial score (nSPS) is 13.4. The van der Waals surface area contributed by atoms with Crippen LogP contribution in [-0.4, -0.2) is 61.2 Å². The van der Waals surface area contributed by atoms with Crippen molar-refractivity contribution in [1.82, 2.24) is 9.97 Å². The lowest BCUT2D eigenvalue weighted by Gasteiger charge is -2.36. The second-order valence-electron chi connectivity index (χ2n) is 7.51. The van der Waals surface area contributed by atoms with E-state index in [1.54, 1.807) is 6.07 Å². The molecule has 1 amide bonds. The fourth-order valence-corrected chi connectivity index (χ4v) is 3.81. The standard InChI is InChI=1S/C23H24N6O5/c1-33-19-12-17(18(29(31)32)13-20(19)34-2)23(30)26-21-14-22(25-15-24-21)28-10-8-27(9-11-28)16-6-4-3-5-7-16/h3-7,12-15H,8-11H2,1-2H3,(H,24,25,26,30). The van der Waals surface area contributed by atoms with Crippen molar-refractivity contribution in [3.63, 3.8) is 0 Å². The van der Waals surface area contributed by atoms with Gasteiger partial charge in [-0.25, -0.2) is 9.97 Å². The van der Waals surface area contributed by atoms with Crippen molar-refractivity contribution in [3.05, 3.63) is 70.5 Å². The Labute approximate surface area is 196 Å². The van der Waals surface area contributed by atoms with Crippen molar-refractivity contribution in [2.45, 2.75) is 0 Å².